The standard InChI is InChI=1S/C27H44O2SeSi/c1-20(12-11-18-26(2,3)29-31(5,6)7)22-15-16-23-25(28)24(17-19-27(22,23)4)30-21-13-9-8-10-14-21/h8-10,13-14,20,22-24H,11-12,15-19H2,1-7H3/t20-,22-,23+,24?,27-/m1/s1. The second kappa shape index (κ2) is 9.83. The van der Waals surface area contributed by atoms with Gasteiger partial charge in [-0.3, -0.25) is 0 Å². The first kappa shape index (κ1) is 25.2. The van der Waals surface area contributed by atoms with Crippen LogP contribution in [0, 0.1) is 23.2 Å². The minimum absolute atomic E-state index is 0.0140. The molecule has 4 heteroatoms. The van der Waals surface area contributed by atoms with Crippen LogP contribution in [0.15, 0.2) is 30.3 Å². The van der Waals surface area contributed by atoms with E-state index in [9.17, 15) is 4.79 Å². The molecule has 0 amide bonds. The molecular formula is C27H44O2SeSi. The maximum absolute atomic E-state index is 13.5. The Balaban J connectivity index is 1.56. The van der Waals surface area contributed by atoms with Crippen LogP contribution in [0.3, 0.4) is 0 Å². The van der Waals surface area contributed by atoms with Gasteiger partial charge in [-0.25, -0.2) is 0 Å². The first-order valence-corrected chi connectivity index (χ1v) is 17.6. The second-order valence-electron chi connectivity index (χ2n) is 11.9. The summed E-state index contributed by atoms with van der Waals surface area (Å²) in [6, 6.07) is 10.7. The van der Waals surface area contributed by atoms with E-state index < -0.39 is 8.32 Å². The van der Waals surface area contributed by atoms with E-state index in [0.717, 1.165) is 19.3 Å². The zero-order chi connectivity index (χ0) is 22.9. The van der Waals surface area contributed by atoms with Crippen LogP contribution in [0.1, 0.15) is 72.6 Å². The Morgan fingerprint density at radius 1 is 1.16 bits per heavy atom. The predicted molar refractivity (Wildman–Crippen MR) is 136 cm³/mol. The summed E-state index contributed by atoms with van der Waals surface area (Å²) in [6.07, 6.45) is 8.32. The molecule has 2 aliphatic carbocycles. The molecule has 1 aromatic carbocycles. The molecule has 2 nitrogen and oxygen atoms in total. The van der Waals surface area contributed by atoms with Crippen LogP contribution >= 0.6 is 0 Å². The van der Waals surface area contributed by atoms with Crippen LogP contribution < -0.4 is 4.46 Å². The van der Waals surface area contributed by atoms with Crippen LogP contribution in [-0.4, -0.2) is 34.7 Å². The number of carbonyl (C=O) groups is 1. The fourth-order valence-corrected chi connectivity index (χ4v) is 10.7. The molecule has 5 atom stereocenters. The molecule has 0 N–H and O–H groups in total. The number of benzene rings is 1. The number of rotatable bonds is 9. The van der Waals surface area contributed by atoms with Crippen molar-refractivity contribution in [1.82, 2.24) is 0 Å². The normalized spacial score (nSPS) is 30.3. The van der Waals surface area contributed by atoms with E-state index in [0.29, 0.717) is 28.4 Å². The fourth-order valence-electron chi connectivity index (χ4n) is 6.55. The average Bonchev–Trinajstić information content (AvgIpc) is 3.01. The molecule has 1 aromatic rings. The number of fused-ring (bicyclic) bond motifs is 1. The summed E-state index contributed by atoms with van der Waals surface area (Å²) in [5.41, 5.74) is 0.212. The van der Waals surface area contributed by atoms with Gasteiger partial charge in [0.2, 0.25) is 0 Å². The van der Waals surface area contributed by atoms with E-state index in [-0.39, 0.29) is 26.0 Å². The quantitative estimate of drug-likeness (QED) is 0.351. The summed E-state index contributed by atoms with van der Waals surface area (Å²) >= 11 is 0.283. The van der Waals surface area contributed by atoms with Crippen molar-refractivity contribution in [3.8, 4) is 0 Å². The molecule has 0 aliphatic heterocycles. The Morgan fingerprint density at radius 2 is 1.84 bits per heavy atom. The number of hydrogen-bond donors (Lipinski definition) is 0. The molecule has 0 saturated heterocycles. The third kappa shape index (κ3) is 6.34. The molecule has 0 radical (unpaired) electrons. The number of hydrogen-bond acceptors (Lipinski definition) is 2. The van der Waals surface area contributed by atoms with Crippen LogP contribution in [-0.2, 0) is 9.22 Å². The van der Waals surface area contributed by atoms with Crippen LogP contribution in [0.4, 0.5) is 0 Å². The van der Waals surface area contributed by atoms with E-state index in [1.54, 1.807) is 0 Å². The van der Waals surface area contributed by atoms with Crippen molar-refractivity contribution in [2.75, 3.05) is 0 Å². The Morgan fingerprint density at radius 3 is 2.48 bits per heavy atom. The van der Waals surface area contributed by atoms with Crippen molar-refractivity contribution in [1.29, 1.82) is 0 Å². The third-order valence-corrected chi connectivity index (χ3v) is 11.6. The topological polar surface area (TPSA) is 26.3 Å². The van der Waals surface area contributed by atoms with E-state index >= 15 is 0 Å². The maximum atomic E-state index is 13.5. The van der Waals surface area contributed by atoms with Gasteiger partial charge in [0.25, 0.3) is 0 Å². The molecule has 1 unspecified atom stereocenters. The molecule has 3 rings (SSSR count). The molecule has 0 spiro atoms. The van der Waals surface area contributed by atoms with Gasteiger partial charge in [0.15, 0.2) is 0 Å². The second-order valence-corrected chi connectivity index (χ2v) is 19.1. The van der Waals surface area contributed by atoms with Gasteiger partial charge in [-0.2, -0.15) is 0 Å². The van der Waals surface area contributed by atoms with Crippen molar-refractivity contribution in [2.24, 2.45) is 23.2 Å². The van der Waals surface area contributed by atoms with Crippen molar-refractivity contribution in [2.45, 2.75) is 103 Å². The van der Waals surface area contributed by atoms with Gasteiger partial charge in [-0.15, -0.1) is 0 Å². The van der Waals surface area contributed by atoms with Crippen molar-refractivity contribution < 1.29 is 9.22 Å². The van der Waals surface area contributed by atoms with Gasteiger partial charge >= 0.3 is 179 Å². The zero-order valence-corrected chi connectivity index (χ0v) is 23.6. The van der Waals surface area contributed by atoms with E-state index in [1.165, 1.54) is 30.1 Å². The summed E-state index contributed by atoms with van der Waals surface area (Å²) in [5.74, 6) is 2.29. The molecule has 2 fully saturated rings. The monoisotopic (exact) mass is 508 g/mol. The van der Waals surface area contributed by atoms with Gasteiger partial charge in [0.05, 0.1) is 0 Å². The van der Waals surface area contributed by atoms with Gasteiger partial charge in [-0.05, 0) is 19.6 Å². The summed E-state index contributed by atoms with van der Waals surface area (Å²) in [7, 11) is -1.51. The summed E-state index contributed by atoms with van der Waals surface area (Å²) < 4.78 is 7.79. The van der Waals surface area contributed by atoms with Gasteiger partial charge in [-0.1, -0.05) is 0 Å². The van der Waals surface area contributed by atoms with Gasteiger partial charge < -0.3 is 0 Å². The first-order chi connectivity index (χ1) is 14.4. The summed E-state index contributed by atoms with van der Waals surface area (Å²) in [6.45, 7) is 16.3. The molecule has 2 saturated carbocycles. The van der Waals surface area contributed by atoms with Crippen LogP contribution in [0.5, 0.6) is 0 Å². The molecule has 31 heavy (non-hydrogen) atoms. The van der Waals surface area contributed by atoms with Crippen molar-refractivity contribution >= 4 is 33.5 Å². The minimum atomic E-state index is -1.51. The predicted octanol–water partition coefficient (Wildman–Crippen LogP) is 6.64. The van der Waals surface area contributed by atoms with Gasteiger partial charge in [0.1, 0.15) is 0 Å². The summed E-state index contributed by atoms with van der Waals surface area (Å²) in [4.78, 5) is 13.8. The molecule has 0 heterocycles. The Labute approximate surface area is 198 Å². The summed E-state index contributed by atoms with van der Waals surface area (Å²) in [5, 5.41) is 0. The Kier molecular flexibility index (Phi) is 8.00. The molecule has 0 bridgehead atoms. The van der Waals surface area contributed by atoms with Gasteiger partial charge in [0, 0.05) is 0 Å². The number of Topliss-reactive ketones (excluding diaryl/α,β-unsaturated/α-hetero) is 1. The molecule has 174 valence electrons. The third-order valence-electron chi connectivity index (χ3n) is 7.74. The van der Waals surface area contributed by atoms with E-state index in [4.69, 9.17) is 4.43 Å². The molecular weight excluding hydrogens is 463 g/mol. The van der Waals surface area contributed by atoms with Crippen LogP contribution in [0.2, 0.25) is 24.5 Å². The fraction of sp³-hybridized carbons (Fsp3) is 0.741. The number of carbonyl (C=O) groups excluding carboxylic acids is 1. The molecule has 2 aliphatic rings. The van der Waals surface area contributed by atoms with Crippen LogP contribution in [0.25, 0.3) is 0 Å². The van der Waals surface area contributed by atoms with Crippen molar-refractivity contribution in [3.05, 3.63) is 30.3 Å². The Bertz CT molecular complexity index is 741. The zero-order valence-electron chi connectivity index (χ0n) is 20.9. The SMILES string of the molecule is C[C@H](CCCC(C)(C)O[Si](C)(C)C)[C@H]1CC[C@H]2C(=O)C([Se]c3ccccc3)CC[C@]12C. The average molecular weight is 508 g/mol. The Hall–Kier alpha value is -0.414. The first-order valence-electron chi connectivity index (χ1n) is 12.4. The molecule has 0 aromatic heterocycles. The van der Waals surface area contributed by atoms with Crippen molar-refractivity contribution in [3.63, 3.8) is 0 Å². The van der Waals surface area contributed by atoms with E-state index in [1.807, 2.05) is 0 Å². The number of ketones is 1. The van der Waals surface area contributed by atoms with E-state index in [2.05, 4.69) is 77.7 Å².